The van der Waals surface area contributed by atoms with E-state index >= 15 is 0 Å². The van der Waals surface area contributed by atoms with Crippen LogP contribution in [0.3, 0.4) is 0 Å². The van der Waals surface area contributed by atoms with Gasteiger partial charge in [0.25, 0.3) is 5.91 Å². The van der Waals surface area contributed by atoms with Crippen LogP contribution in [0.4, 0.5) is 0 Å². The number of ether oxygens (including phenoxy) is 2. The fourth-order valence-corrected chi connectivity index (χ4v) is 4.78. The third-order valence-corrected chi connectivity index (χ3v) is 6.62. The van der Waals surface area contributed by atoms with Crippen molar-refractivity contribution in [3.05, 3.63) is 71.3 Å². The first-order chi connectivity index (χ1) is 16.4. The highest BCUT2D eigenvalue weighted by Crippen LogP contribution is 2.31. The van der Waals surface area contributed by atoms with Gasteiger partial charge in [0, 0.05) is 29.6 Å². The second-order valence-electron chi connectivity index (χ2n) is 8.93. The van der Waals surface area contributed by atoms with Crippen molar-refractivity contribution >= 4 is 22.6 Å². The van der Waals surface area contributed by atoms with Crippen molar-refractivity contribution in [2.75, 3.05) is 27.3 Å². The molecule has 4 rings (SSSR count). The zero-order valence-electron chi connectivity index (χ0n) is 20.3. The van der Waals surface area contributed by atoms with Crippen molar-refractivity contribution in [2.24, 2.45) is 5.92 Å². The standard InChI is InChI=1S/C28H32N2O4/c1-18-11-13-26(34-4)24(16-18)19(2)29-27(31)20-8-7-15-30(17-20)28(32)23-12-14-25(33-3)22-10-6-5-9-21(22)23/h5-6,9-14,16,19-20H,7-8,15,17H2,1-4H3,(H,29,31). The molecule has 1 saturated heterocycles. The Morgan fingerprint density at radius 3 is 2.44 bits per heavy atom. The van der Waals surface area contributed by atoms with Crippen LogP contribution in [-0.4, -0.2) is 44.0 Å². The zero-order chi connectivity index (χ0) is 24.2. The number of likely N-dealkylation sites (tertiary alicyclic amines) is 1. The number of fused-ring (bicyclic) bond motifs is 1. The van der Waals surface area contributed by atoms with Gasteiger partial charge in [0.05, 0.1) is 26.2 Å². The molecule has 2 unspecified atom stereocenters. The van der Waals surface area contributed by atoms with E-state index in [0.29, 0.717) is 18.7 Å². The summed E-state index contributed by atoms with van der Waals surface area (Å²) < 4.78 is 11.0. The Morgan fingerprint density at radius 1 is 1.00 bits per heavy atom. The SMILES string of the molecule is COc1ccc(C)cc1C(C)NC(=O)C1CCCN(C(=O)c2ccc(OC)c3ccccc23)C1. The maximum atomic E-state index is 13.5. The average molecular weight is 461 g/mol. The van der Waals surface area contributed by atoms with Gasteiger partial charge in [-0.3, -0.25) is 9.59 Å². The van der Waals surface area contributed by atoms with Crippen molar-refractivity contribution in [2.45, 2.75) is 32.7 Å². The number of nitrogens with zero attached hydrogens (tertiary/aromatic N) is 1. The Kier molecular flexibility index (Phi) is 7.06. The van der Waals surface area contributed by atoms with Gasteiger partial charge in [-0.15, -0.1) is 0 Å². The molecule has 6 nitrogen and oxygen atoms in total. The summed E-state index contributed by atoms with van der Waals surface area (Å²) in [5, 5.41) is 4.90. The summed E-state index contributed by atoms with van der Waals surface area (Å²) in [5.74, 6) is 1.16. The van der Waals surface area contributed by atoms with Crippen molar-refractivity contribution < 1.29 is 19.1 Å². The van der Waals surface area contributed by atoms with Gasteiger partial charge >= 0.3 is 0 Å². The van der Waals surface area contributed by atoms with E-state index < -0.39 is 0 Å². The van der Waals surface area contributed by atoms with E-state index in [2.05, 4.69) is 5.32 Å². The van der Waals surface area contributed by atoms with E-state index in [1.54, 1.807) is 19.1 Å². The summed E-state index contributed by atoms with van der Waals surface area (Å²) in [6.45, 7) is 5.03. The molecule has 3 aromatic rings. The van der Waals surface area contributed by atoms with Crippen LogP contribution in [0.1, 0.15) is 47.3 Å². The van der Waals surface area contributed by atoms with Crippen molar-refractivity contribution in [1.29, 1.82) is 0 Å². The van der Waals surface area contributed by atoms with Crippen LogP contribution >= 0.6 is 0 Å². The minimum atomic E-state index is -0.250. The first-order valence-corrected chi connectivity index (χ1v) is 11.7. The molecule has 0 bridgehead atoms. The molecule has 0 radical (unpaired) electrons. The molecule has 1 fully saturated rings. The highest BCUT2D eigenvalue weighted by molar-refractivity contribution is 6.08. The lowest BCUT2D eigenvalue weighted by Gasteiger charge is -2.33. The van der Waals surface area contributed by atoms with E-state index in [1.807, 2.05) is 68.4 Å². The van der Waals surface area contributed by atoms with Crippen LogP contribution in [0.2, 0.25) is 0 Å². The highest BCUT2D eigenvalue weighted by atomic mass is 16.5. The van der Waals surface area contributed by atoms with Crippen molar-refractivity contribution in [3.63, 3.8) is 0 Å². The predicted molar refractivity (Wildman–Crippen MR) is 133 cm³/mol. The Bertz CT molecular complexity index is 1210. The number of aryl methyl sites for hydroxylation is 1. The molecule has 0 aliphatic carbocycles. The fraction of sp³-hybridized carbons (Fsp3) is 0.357. The van der Waals surface area contributed by atoms with Crippen LogP contribution < -0.4 is 14.8 Å². The third-order valence-electron chi connectivity index (χ3n) is 6.62. The lowest BCUT2D eigenvalue weighted by Crippen LogP contribution is -2.46. The molecule has 2 atom stereocenters. The number of nitrogens with one attached hydrogen (secondary N) is 1. The van der Waals surface area contributed by atoms with Crippen LogP contribution in [0.5, 0.6) is 11.5 Å². The number of hydrogen-bond donors (Lipinski definition) is 1. The molecule has 1 aliphatic heterocycles. The number of benzene rings is 3. The molecule has 34 heavy (non-hydrogen) atoms. The summed E-state index contributed by atoms with van der Waals surface area (Å²) in [5.41, 5.74) is 2.69. The minimum Gasteiger partial charge on any atom is -0.496 e. The number of methoxy groups -OCH3 is 2. The predicted octanol–water partition coefficient (Wildman–Crippen LogP) is 4.90. The molecule has 3 aromatic carbocycles. The number of carbonyl (C=O) groups excluding carboxylic acids is 2. The summed E-state index contributed by atoms with van der Waals surface area (Å²) in [4.78, 5) is 28.4. The molecular weight excluding hydrogens is 428 g/mol. The topological polar surface area (TPSA) is 67.9 Å². The molecule has 0 aromatic heterocycles. The Labute approximate surface area is 200 Å². The lowest BCUT2D eigenvalue weighted by atomic mass is 9.94. The average Bonchev–Trinajstić information content (AvgIpc) is 2.87. The van der Waals surface area contributed by atoms with Crippen molar-refractivity contribution in [3.8, 4) is 11.5 Å². The number of rotatable bonds is 6. The molecule has 1 heterocycles. The second-order valence-corrected chi connectivity index (χ2v) is 8.93. The second kappa shape index (κ2) is 10.2. The molecule has 6 heteroatoms. The van der Waals surface area contributed by atoms with Gasteiger partial charge < -0.3 is 19.7 Å². The number of hydrogen-bond acceptors (Lipinski definition) is 4. The first-order valence-electron chi connectivity index (χ1n) is 11.7. The maximum absolute atomic E-state index is 13.5. The highest BCUT2D eigenvalue weighted by Gasteiger charge is 2.30. The third kappa shape index (κ3) is 4.72. The molecule has 1 N–H and O–H groups in total. The van der Waals surface area contributed by atoms with Gasteiger partial charge in [-0.05, 0) is 50.3 Å². The van der Waals surface area contributed by atoms with Crippen LogP contribution in [0.15, 0.2) is 54.6 Å². The molecular formula is C28H32N2O4. The number of piperidine rings is 1. The molecule has 0 spiro atoms. The van der Waals surface area contributed by atoms with Gasteiger partial charge in [0.1, 0.15) is 11.5 Å². The summed E-state index contributed by atoms with van der Waals surface area (Å²) >= 11 is 0. The monoisotopic (exact) mass is 460 g/mol. The van der Waals surface area contributed by atoms with E-state index in [-0.39, 0.29) is 23.8 Å². The van der Waals surface area contributed by atoms with Crippen LogP contribution in [-0.2, 0) is 4.79 Å². The first kappa shape index (κ1) is 23.6. The Morgan fingerprint density at radius 2 is 1.71 bits per heavy atom. The zero-order valence-corrected chi connectivity index (χ0v) is 20.3. The summed E-state index contributed by atoms with van der Waals surface area (Å²) in [6.07, 6.45) is 1.55. The summed E-state index contributed by atoms with van der Waals surface area (Å²) in [7, 11) is 3.26. The number of amides is 2. The van der Waals surface area contributed by atoms with Crippen LogP contribution in [0, 0.1) is 12.8 Å². The minimum absolute atomic E-state index is 0.0341. The van der Waals surface area contributed by atoms with E-state index in [4.69, 9.17) is 9.47 Å². The number of carbonyl (C=O) groups is 2. The lowest BCUT2D eigenvalue weighted by molar-refractivity contribution is -0.127. The van der Waals surface area contributed by atoms with Gasteiger partial charge in [-0.1, -0.05) is 42.0 Å². The Balaban J connectivity index is 1.49. The van der Waals surface area contributed by atoms with E-state index in [0.717, 1.165) is 46.2 Å². The normalized spacial score (nSPS) is 16.7. The van der Waals surface area contributed by atoms with E-state index in [9.17, 15) is 9.59 Å². The van der Waals surface area contributed by atoms with Gasteiger partial charge in [0.15, 0.2) is 0 Å². The molecule has 1 aliphatic rings. The van der Waals surface area contributed by atoms with E-state index in [1.165, 1.54) is 0 Å². The van der Waals surface area contributed by atoms with Crippen molar-refractivity contribution in [1.82, 2.24) is 10.2 Å². The Hall–Kier alpha value is -3.54. The quantitative estimate of drug-likeness (QED) is 0.568. The van der Waals surface area contributed by atoms with Gasteiger partial charge in [-0.25, -0.2) is 0 Å². The van der Waals surface area contributed by atoms with Crippen LogP contribution in [0.25, 0.3) is 10.8 Å². The maximum Gasteiger partial charge on any atom is 0.254 e. The molecule has 2 amide bonds. The summed E-state index contributed by atoms with van der Waals surface area (Å²) in [6, 6.07) is 17.2. The largest absolute Gasteiger partial charge is 0.496 e. The van der Waals surface area contributed by atoms with Gasteiger partial charge in [0.2, 0.25) is 5.91 Å². The fourth-order valence-electron chi connectivity index (χ4n) is 4.78. The molecule has 0 saturated carbocycles. The molecule has 178 valence electrons. The smallest absolute Gasteiger partial charge is 0.254 e. The van der Waals surface area contributed by atoms with Gasteiger partial charge in [-0.2, -0.15) is 0 Å².